The minimum absolute atomic E-state index is 0.0135. The fraction of sp³-hybridized carbons (Fsp3) is 0.136. The molecule has 12 heteroatoms. The number of hydrogen-bond donors (Lipinski definition) is 1. The molecule has 0 saturated heterocycles. The second-order valence-corrected chi connectivity index (χ2v) is 7.01. The second kappa shape index (κ2) is 8.61. The number of carbonyl (C=O) groups is 3. The van der Waals surface area contributed by atoms with Crippen LogP contribution in [0, 0.1) is 5.82 Å². The van der Waals surface area contributed by atoms with E-state index in [0.717, 1.165) is 18.2 Å². The van der Waals surface area contributed by atoms with Crippen molar-refractivity contribution in [1.82, 2.24) is 0 Å². The summed E-state index contributed by atoms with van der Waals surface area (Å²) in [4.78, 5) is 37.5. The maximum atomic E-state index is 14.8. The number of hydrogen-bond acceptors (Lipinski definition) is 5. The molecule has 7 nitrogen and oxygen atoms in total. The summed E-state index contributed by atoms with van der Waals surface area (Å²) >= 11 is 0. The molecule has 1 heterocycles. The maximum absolute atomic E-state index is 14.8. The molecule has 1 aliphatic heterocycles. The van der Waals surface area contributed by atoms with E-state index in [1.807, 2.05) is 0 Å². The predicted molar refractivity (Wildman–Crippen MR) is 106 cm³/mol. The van der Waals surface area contributed by atoms with E-state index in [9.17, 15) is 36.3 Å². The first-order valence-electron chi connectivity index (χ1n) is 9.47. The fourth-order valence-corrected chi connectivity index (χ4v) is 3.76. The van der Waals surface area contributed by atoms with Crippen LogP contribution in [-0.2, 0) is 11.2 Å². The third-order valence-electron chi connectivity index (χ3n) is 4.98. The molecule has 0 bridgehead atoms. The van der Waals surface area contributed by atoms with Gasteiger partial charge in [-0.25, -0.2) is 9.29 Å². The SMILES string of the molecule is O=C(O)Cc1ccc(N2C(=O)c3c(c(OC(F)F)c4ccccc4c3OC(F)F)C2=O)c(F)c1. The van der Waals surface area contributed by atoms with Crippen molar-refractivity contribution < 1.29 is 50.9 Å². The summed E-state index contributed by atoms with van der Waals surface area (Å²) in [6.07, 6.45) is -0.552. The molecule has 3 aromatic rings. The summed E-state index contributed by atoms with van der Waals surface area (Å²) in [7, 11) is 0. The number of carboxylic acids is 1. The van der Waals surface area contributed by atoms with Gasteiger partial charge in [-0.15, -0.1) is 0 Å². The van der Waals surface area contributed by atoms with Crippen molar-refractivity contribution in [2.24, 2.45) is 0 Å². The molecular formula is C22H12F5NO6. The lowest BCUT2D eigenvalue weighted by molar-refractivity contribution is -0.136. The number of carboxylic acid groups (broad SMARTS) is 1. The van der Waals surface area contributed by atoms with Crippen molar-refractivity contribution in [2.75, 3.05) is 4.90 Å². The first kappa shape index (κ1) is 23.0. The summed E-state index contributed by atoms with van der Waals surface area (Å²) in [5.74, 6) is -6.58. The summed E-state index contributed by atoms with van der Waals surface area (Å²) in [6, 6.07) is 7.98. The van der Waals surface area contributed by atoms with Gasteiger partial charge in [0.2, 0.25) is 0 Å². The lowest BCUT2D eigenvalue weighted by atomic mass is 9.99. The molecule has 0 radical (unpaired) electrons. The monoisotopic (exact) mass is 481 g/mol. The first-order chi connectivity index (χ1) is 16.1. The van der Waals surface area contributed by atoms with Gasteiger partial charge < -0.3 is 14.6 Å². The molecule has 0 spiro atoms. The van der Waals surface area contributed by atoms with Gasteiger partial charge in [-0.05, 0) is 17.7 Å². The van der Waals surface area contributed by atoms with Gasteiger partial charge in [0, 0.05) is 10.8 Å². The predicted octanol–water partition coefficient (Wildman–Crippen LogP) is 4.61. The molecule has 1 aliphatic rings. The van der Waals surface area contributed by atoms with Crippen LogP contribution < -0.4 is 14.4 Å². The van der Waals surface area contributed by atoms with E-state index in [1.165, 1.54) is 24.3 Å². The molecular weight excluding hydrogens is 469 g/mol. The normalized spacial score (nSPS) is 13.2. The van der Waals surface area contributed by atoms with E-state index < -0.39 is 71.6 Å². The van der Waals surface area contributed by atoms with Crippen LogP contribution in [0.1, 0.15) is 26.3 Å². The molecule has 2 amide bonds. The van der Waals surface area contributed by atoms with Gasteiger partial charge in [-0.3, -0.25) is 14.4 Å². The van der Waals surface area contributed by atoms with E-state index in [2.05, 4.69) is 9.47 Å². The summed E-state index contributed by atoms with van der Waals surface area (Å²) in [6.45, 7) is -6.89. The number of halogens is 5. The number of alkyl halides is 4. The lowest BCUT2D eigenvalue weighted by Crippen LogP contribution is -2.30. The van der Waals surface area contributed by atoms with E-state index in [0.29, 0.717) is 0 Å². The first-order valence-corrected chi connectivity index (χ1v) is 9.47. The molecule has 4 rings (SSSR count). The Bertz CT molecular complexity index is 1270. The molecule has 0 atom stereocenters. The van der Waals surface area contributed by atoms with Gasteiger partial charge in [0.25, 0.3) is 11.8 Å². The molecule has 0 aromatic heterocycles. The average Bonchev–Trinajstić information content (AvgIpc) is 3.00. The van der Waals surface area contributed by atoms with E-state index in [4.69, 9.17) is 5.11 Å². The van der Waals surface area contributed by atoms with Crippen molar-refractivity contribution in [3.8, 4) is 11.5 Å². The van der Waals surface area contributed by atoms with Gasteiger partial charge in [-0.1, -0.05) is 30.3 Å². The summed E-state index contributed by atoms with van der Waals surface area (Å²) in [5, 5.41) is 8.43. The minimum Gasteiger partial charge on any atom is -0.481 e. The zero-order chi connectivity index (χ0) is 24.7. The topological polar surface area (TPSA) is 93.1 Å². The highest BCUT2D eigenvalue weighted by Gasteiger charge is 2.45. The lowest BCUT2D eigenvalue weighted by Gasteiger charge is -2.16. The van der Waals surface area contributed by atoms with Gasteiger partial charge in [0.1, 0.15) is 17.3 Å². The van der Waals surface area contributed by atoms with Crippen LogP contribution in [0.3, 0.4) is 0 Å². The molecule has 3 aromatic carbocycles. The number of nitrogens with zero attached hydrogens (tertiary/aromatic N) is 1. The summed E-state index contributed by atoms with van der Waals surface area (Å²) in [5.41, 5.74) is -2.22. The van der Waals surface area contributed by atoms with Gasteiger partial charge in [0.15, 0.2) is 0 Å². The van der Waals surface area contributed by atoms with Crippen molar-refractivity contribution in [3.05, 3.63) is 65.0 Å². The largest absolute Gasteiger partial charge is 0.481 e. The van der Waals surface area contributed by atoms with Crippen molar-refractivity contribution in [2.45, 2.75) is 19.6 Å². The summed E-state index contributed by atoms with van der Waals surface area (Å²) < 4.78 is 76.5. The smallest absolute Gasteiger partial charge is 0.387 e. The Morgan fingerprint density at radius 3 is 1.79 bits per heavy atom. The minimum atomic E-state index is -3.45. The number of anilines is 1. The fourth-order valence-electron chi connectivity index (χ4n) is 3.76. The molecule has 0 fully saturated rings. The van der Waals surface area contributed by atoms with Crippen LogP contribution in [0.15, 0.2) is 42.5 Å². The van der Waals surface area contributed by atoms with Crippen molar-refractivity contribution in [3.63, 3.8) is 0 Å². The Morgan fingerprint density at radius 1 is 0.882 bits per heavy atom. The highest BCUT2D eigenvalue weighted by Crippen LogP contribution is 2.47. The van der Waals surface area contributed by atoms with E-state index in [-0.39, 0.29) is 21.2 Å². The van der Waals surface area contributed by atoms with Crippen LogP contribution in [0.4, 0.5) is 27.6 Å². The zero-order valence-electron chi connectivity index (χ0n) is 16.7. The number of benzene rings is 3. The Kier molecular flexibility index (Phi) is 5.82. The van der Waals surface area contributed by atoms with E-state index >= 15 is 0 Å². The van der Waals surface area contributed by atoms with Crippen LogP contribution in [0.2, 0.25) is 0 Å². The number of aliphatic carboxylic acids is 1. The standard InChI is InChI=1S/C22H12F5NO6/c23-12-7-9(8-14(29)30)5-6-13(12)28-19(31)15-16(20(28)32)18(34-22(26)27)11-4-2-1-3-10(11)17(15)33-21(24)25/h1-7,21-22H,8H2,(H,29,30). The Balaban J connectivity index is 1.96. The third kappa shape index (κ3) is 3.87. The Labute approximate surface area is 186 Å². The van der Waals surface area contributed by atoms with E-state index in [1.54, 1.807) is 0 Å². The molecule has 176 valence electrons. The van der Waals surface area contributed by atoms with Gasteiger partial charge in [0.05, 0.1) is 23.2 Å². The van der Waals surface area contributed by atoms with Crippen molar-refractivity contribution in [1.29, 1.82) is 0 Å². The van der Waals surface area contributed by atoms with Crippen LogP contribution in [0.25, 0.3) is 10.8 Å². The van der Waals surface area contributed by atoms with Gasteiger partial charge >= 0.3 is 19.2 Å². The molecule has 0 saturated carbocycles. The average molecular weight is 481 g/mol. The number of ether oxygens (including phenoxy) is 2. The number of fused-ring (bicyclic) bond motifs is 2. The molecule has 0 aliphatic carbocycles. The highest BCUT2D eigenvalue weighted by atomic mass is 19.3. The number of rotatable bonds is 7. The van der Waals surface area contributed by atoms with Crippen molar-refractivity contribution >= 4 is 34.2 Å². The van der Waals surface area contributed by atoms with Crippen LogP contribution in [0.5, 0.6) is 11.5 Å². The Morgan fingerprint density at radius 2 is 1.38 bits per heavy atom. The van der Waals surface area contributed by atoms with Crippen LogP contribution >= 0.6 is 0 Å². The Hall–Kier alpha value is -4.22. The molecule has 34 heavy (non-hydrogen) atoms. The quantitative estimate of drug-likeness (QED) is 0.392. The number of imide groups is 1. The van der Waals surface area contributed by atoms with Crippen LogP contribution in [-0.4, -0.2) is 36.1 Å². The highest BCUT2D eigenvalue weighted by molar-refractivity contribution is 6.38. The zero-order valence-corrected chi connectivity index (χ0v) is 16.7. The van der Waals surface area contributed by atoms with Gasteiger partial charge in [-0.2, -0.15) is 17.6 Å². The maximum Gasteiger partial charge on any atom is 0.387 e. The number of amides is 2. The molecule has 0 unspecified atom stereocenters. The number of carbonyl (C=O) groups excluding carboxylic acids is 2. The third-order valence-corrected chi connectivity index (χ3v) is 4.98. The second-order valence-electron chi connectivity index (χ2n) is 7.01. The molecule has 1 N–H and O–H groups in total.